The van der Waals surface area contributed by atoms with Crippen molar-refractivity contribution in [3.8, 4) is 11.5 Å². The van der Waals surface area contributed by atoms with Gasteiger partial charge in [0, 0.05) is 30.5 Å². The number of aromatic nitrogens is 2. The molecule has 142 valence electrons. The number of benzene rings is 1. The summed E-state index contributed by atoms with van der Waals surface area (Å²) in [7, 11) is 1.79. The fraction of sp³-hybridized carbons (Fsp3) is 0.350. The van der Waals surface area contributed by atoms with Crippen molar-refractivity contribution in [1.29, 1.82) is 0 Å². The van der Waals surface area contributed by atoms with Crippen LogP contribution < -0.4 is 10.6 Å². The van der Waals surface area contributed by atoms with Crippen LogP contribution in [0.3, 0.4) is 0 Å². The Morgan fingerprint density at radius 2 is 2.00 bits per heavy atom. The van der Waals surface area contributed by atoms with Gasteiger partial charge in [-0.05, 0) is 48.1 Å². The molecule has 2 N–H and O–H groups in total. The van der Waals surface area contributed by atoms with E-state index in [1.807, 2.05) is 19.1 Å². The molecule has 2 heterocycles. The number of guanidine groups is 1. The van der Waals surface area contributed by atoms with Crippen molar-refractivity contribution >= 4 is 17.3 Å². The minimum absolute atomic E-state index is 0.574. The highest BCUT2D eigenvalue weighted by Crippen LogP contribution is 2.18. The average molecular weight is 384 g/mol. The summed E-state index contributed by atoms with van der Waals surface area (Å²) in [5.41, 5.74) is 3.50. The molecule has 0 fully saturated rings. The fourth-order valence-corrected chi connectivity index (χ4v) is 3.47. The molecule has 0 spiro atoms. The quantitative estimate of drug-likeness (QED) is 0.482. The summed E-state index contributed by atoms with van der Waals surface area (Å²) in [5.74, 6) is 2.12. The summed E-state index contributed by atoms with van der Waals surface area (Å²) in [6, 6.07) is 10.4. The van der Waals surface area contributed by atoms with E-state index in [2.05, 4.69) is 56.3 Å². The van der Waals surface area contributed by atoms with E-state index in [1.165, 1.54) is 16.0 Å². The lowest BCUT2D eigenvalue weighted by atomic mass is 10.1. The van der Waals surface area contributed by atoms with Gasteiger partial charge in [-0.2, -0.15) is 4.98 Å². The average Bonchev–Trinajstić information content (AvgIpc) is 3.34. The first-order chi connectivity index (χ1) is 13.2. The van der Waals surface area contributed by atoms with Crippen molar-refractivity contribution in [2.24, 2.45) is 4.99 Å². The Kier molecular flexibility index (Phi) is 6.59. The van der Waals surface area contributed by atoms with Gasteiger partial charge in [0.05, 0.1) is 6.54 Å². The van der Waals surface area contributed by atoms with Crippen LogP contribution in [-0.2, 0) is 19.4 Å². The Morgan fingerprint density at radius 3 is 2.63 bits per heavy atom. The lowest BCUT2D eigenvalue weighted by Crippen LogP contribution is -2.37. The van der Waals surface area contributed by atoms with Gasteiger partial charge in [-0.25, -0.2) is 0 Å². The molecule has 0 aliphatic carbocycles. The zero-order chi connectivity index (χ0) is 19.1. The maximum atomic E-state index is 5.28. The van der Waals surface area contributed by atoms with Crippen LogP contribution in [0, 0.1) is 6.92 Å². The summed E-state index contributed by atoms with van der Waals surface area (Å²) >= 11 is 1.76. The molecular weight excluding hydrogens is 358 g/mol. The van der Waals surface area contributed by atoms with E-state index in [-0.39, 0.29) is 0 Å². The molecule has 3 rings (SSSR count). The topological polar surface area (TPSA) is 75.3 Å². The highest BCUT2D eigenvalue weighted by atomic mass is 32.1. The summed E-state index contributed by atoms with van der Waals surface area (Å²) in [4.78, 5) is 9.98. The zero-order valence-corrected chi connectivity index (χ0v) is 16.8. The first-order valence-corrected chi connectivity index (χ1v) is 9.97. The predicted octanol–water partition coefficient (Wildman–Crippen LogP) is 3.58. The molecule has 0 aliphatic rings. The van der Waals surface area contributed by atoms with Crippen molar-refractivity contribution < 1.29 is 4.52 Å². The number of thiophene rings is 1. The fourth-order valence-electron chi connectivity index (χ4n) is 2.62. The summed E-state index contributed by atoms with van der Waals surface area (Å²) in [6.45, 7) is 5.74. The van der Waals surface area contributed by atoms with E-state index in [9.17, 15) is 0 Å². The van der Waals surface area contributed by atoms with E-state index in [0.717, 1.165) is 43.3 Å². The number of aryl methyl sites for hydroxylation is 2. The van der Waals surface area contributed by atoms with Crippen LogP contribution in [-0.4, -0.2) is 29.7 Å². The molecule has 0 unspecified atom stereocenters. The second-order valence-corrected chi connectivity index (χ2v) is 7.20. The lowest BCUT2D eigenvalue weighted by Gasteiger charge is -2.11. The van der Waals surface area contributed by atoms with Crippen LogP contribution in [0.5, 0.6) is 0 Å². The van der Waals surface area contributed by atoms with Crippen LogP contribution in [0.25, 0.3) is 11.5 Å². The van der Waals surface area contributed by atoms with Crippen molar-refractivity contribution in [2.75, 3.05) is 13.6 Å². The van der Waals surface area contributed by atoms with E-state index >= 15 is 0 Å². The third kappa shape index (κ3) is 5.17. The maximum Gasteiger partial charge on any atom is 0.257 e. The van der Waals surface area contributed by atoms with Crippen molar-refractivity contribution in [3.05, 3.63) is 57.5 Å². The normalized spacial score (nSPS) is 11.6. The van der Waals surface area contributed by atoms with Crippen LogP contribution in [0.1, 0.15) is 28.8 Å². The van der Waals surface area contributed by atoms with Gasteiger partial charge in [0.1, 0.15) is 0 Å². The second-order valence-electron chi connectivity index (χ2n) is 6.20. The number of hydrogen-bond donors (Lipinski definition) is 2. The highest BCUT2D eigenvalue weighted by molar-refractivity contribution is 7.10. The monoisotopic (exact) mass is 383 g/mol. The summed E-state index contributed by atoms with van der Waals surface area (Å²) < 4.78 is 5.28. The van der Waals surface area contributed by atoms with Crippen molar-refractivity contribution in [1.82, 2.24) is 20.8 Å². The smallest absolute Gasteiger partial charge is 0.257 e. The van der Waals surface area contributed by atoms with E-state index in [1.54, 1.807) is 18.4 Å². The minimum atomic E-state index is 0.574. The van der Waals surface area contributed by atoms with Gasteiger partial charge in [-0.1, -0.05) is 24.2 Å². The maximum absolute atomic E-state index is 5.28. The minimum Gasteiger partial charge on any atom is -0.356 e. The SMILES string of the molecule is CCc1noc(-c2ccc(CCNC(=NC)NCc3sccc3C)cc2)n1. The predicted molar refractivity (Wildman–Crippen MR) is 110 cm³/mol. The second kappa shape index (κ2) is 9.32. The van der Waals surface area contributed by atoms with Gasteiger partial charge < -0.3 is 15.2 Å². The third-order valence-corrected chi connectivity index (χ3v) is 5.32. The molecule has 0 saturated carbocycles. The van der Waals surface area contributed by atoms with Crippen molar-refractivity contribution in [3.63, 3.8) is 0 Å². The molecule has 0 saturated heterocycles. The molecule has 3 aromatic rings. The summed E-state index contributed by atoms with van der Waals surface area (Å²) in [5, 5.41) is 12.8. The molecule has 0 aliphatic heterocycles. The van der Waals surface area contributed by atoms with Gasteiger partial charge in [-0.3, -0.25) is 4.99 Å². The van der Waals surface area contributed by atoms with Gasteiger partial charge in [0.15, 0.2) is 11.8 Å². The van der Waals surface area contributed by atoms with Crippen LogP contribution >= 0.6 is 11.3 Å². The standard InChI is InChI=1S/C20H25N5OS/c1-4-18-24-19(26-25-18)16-7-5-15(6-8-16)9-11-22-20(21-3)23-13-17-14(2)10-12-27-17/h5-8,10,12H,4,9,11,13H2,1-3H3,(H2,21,22,23). The highest BCUT2D eigenvalue weighted by Gasteiger charge is 2.07. The van der Waals surface area contributed by atoms with Gasteiger partial charge in [0.25, 0.3) is 5.89 Å². The first kappa shape index (κ1) is 19.1. The molecule has 0 bridgehead atoms. The number of hydrogen-bond acceptors (Lipinski definition) is 5. The largest absolute Gasteiger partial charge is 0.356 e. The third-order valence-electron chi connectivity index (χ3n) is 4.30. The van der Waals surface area contributed by atoms with Crippen LogP contribution in [0.15, 0.2) is 45.2 Å². The van der Waals surface area contributed by atoms with Crippen molar-refractivity contribution in [2.45, 2.75) is 33.2 Å². The molecule has 6 nitrogen and oxygen atoms in total. The van der Waals surface area contributed by atoms with E-state index < -0.39 is 0 Å². The molecule has 7 heteroatoms. The van der Waals surface area contributed by atoms with Crippen LogP contribution in [0.4, 0.5) is 0 Å². The van der Waals surface area contributed by atoms with Gasteiger partial charge >= 0.3 is 0 Å². The molecule has 0 radical (unpaired) electrons. The molecule has 0 atom stereocenters. The number of aliphatic imine (C=N–C) groups is 1. The van der Waals surface area contributed by atoms with Crippen LogP contribution in [0.2, 0.25) is 0 Å². The molecule has 27 heavy (non-hydrogen) atoms. The Balaban J connectivity index is 1.47. The Bertz CT molecular complexity index is 882. The Morgan fingerprint density at radius 1 is 1.19 bits per heavy atom. The van der Waals surface area contributed by atoms with E-state index in [0.29, 0.717) is 5.89 Å². The zero-order valence-electron chi connectivity index (χ0n) is 16.0. The Labute approximate surface area is 163 Å². The van der Waals surface area contributed by atoms with Gasteiger partial charge in [-0.15, -0.1) is 11.3 Å². The van der Waals surface area contributed by atoms with Gasteiger partial charge in [0.2, 0.25) is 0 Å². The number of rotatable bonds is 7. The first-order valence-electron chi connectivity index (χ1n) is 9.09. The van der Waals surface area contributed by atoms with E-state index in [4.69, 9.17) is 4.52 Å². The molecule has 0 amide bonds. The lowest BCUT2D eigenvalue weighted by molar-refractivity contribution is 0.423. The molecule has 1 aromatic carbocycles. The molecule has 2 aromatic heterocycles. The Hall–Kier alpha value is -2.67. The molecular formula is C20H25N5OS. The number of nitrogens with zero attached hydrogens (tertiary/aromatic N) is 3. The summed E-state index contributed by atoms with van der Waals surface area (Å²) in [6.07, 6.45) is 1.68. The number of nitrogens with one attached hydrogen (secondary N) is 2.